The highest BCUT2D eigenvalue weighted by molar-refractivity contribution is 4.95. The third kappa shape index (κ3) is 23.5. The Morgan fingerprint density at radius 2 is 0.375 bits per heavy atom. The molecule has 0 spiro atoms. The summed E-state index contributed by atoms with van der Waals surface area (Å²) in [4.78, 5) is 0. The Morgan fingerprint density at radius 3 is 0.580 bits per heavy atom. The standard InChI is InChI=1S/C24H39F7.C22H35F7.C21H33F7/c1-2-3-4-5-6-7-18-8-12-20(13-9-18)21-14-10-19(11-15-21)16-17-22(25,26)23(27,28)24(29,30)31;1-2-3-4-5-16-6-10-18(11-7-16)19-12-8-17(9-13-19)14-15-20(23,24)21(25,26)22(27,28)29;1-2-3-4-15-5-9-17(10-6-15)18-11-7-16(8-12-18)13-14-19(22,23)20(24,25)21(26,27)28/h18-21H,2-17H2,1H3;16-19H,2-15H2,1H3;15-18H,2-14H2,1H3/t18-,19?,20-,21?;16-,17?,18-,19?;15-,16?,17-,18?. The van der Waals surface area contributed by atoms with E-state index in [4.69, 9.17) is 0 Å². The van der Waals surface area contributed by atoms with Gasteiger partial charge in [-0.25, -0.2) is 0 Å². The molecular formula is C67H107F21. The fourth-order valence-electron chi connectivity index (χ4n) is 16.2. The van der Waals surface area contributed by atoms with E-state index in [1.165, 1.54) is 161 Å². The van der Waals surface area contributed by atoms with Crippen LogP contribution in [0.2, 0.25) is 0 Å². The smallest absolute Gasteiger partial charge is 0.200 e. The van der Waals surface area contributed by atoms with Gasteiger partial charge in [0.1, 0.15) is 0 Å². The predicted molar refractivity (Wildman–Crippen MR) is 305 cm³/mol. The van der Waals surface area contributed by atoms with Crippen molar-refractivity contribution in [3.63, 3.8) is 0 Å². The number of unbranched alkanes of at least 4 members (excludes halogenated alkanes) is 7. The van der Waals surface area contributed by atoms with Crippen LogP contribution in [0.25, 0.3) is 0 Å². The second kappa shape index (κ2) is 35.3. The first-order valence-electron chi connectivity index (χ1n) is 34.4. The van der Waals surface area contributed by atoms with Crippen molar-refractivity contribution in [2.45, 2.75) is 351 Å². The SMILES string of the molecule is CCCCCCC[C@H]1CC[C@H](C2CCC(CCC(F)(F)C(F)(F)C(F)(F)F)CC2)CC1.CCCCC[C@H]1CC[C@H](C2CCC(CCC(F)(F)C(F)(F)C(F)(F)F)CC2)CC1.CCCC[C@H]1CC[C@H](C2CCC(CCC(F)(F)C(F)(F)C(F)(F)F)CC2)CC1. The summed E-state index contributed by atoms with van der Waals surface area (Å²) in [6.45, 7) is 6.62. The zero-order valence-electron chi connectivity index (χ0n) is 52.8. The molecule has 0 aromatic heterocycles. The highest BCUT2D eigenvalue weighted by Gasteiger charge is 2.74. The summed E-state index contributed by atoms with van der Waals surface area (Å²) < 4.78 is 269. The van der Waals surface area contributed by atoms with E-state index in [0.29, 0.717) is 74.0 Å². The lowest BCUT2D eigenvalue weighted by Gasteiger charge is -2.38. The maximum atomic E-state index is 13.5. The molecule has 0 radical (unpaired) electrons. The topological polar surface area (TPSA) is 0 Å². The Bertz CT molecular complexity index is 1850. The van der Waals surface area contributed by atoms with Crippen LogP contribution < -0.4 is 0 Å². The van der Waals surface area contributed by atoms with Crippen LogP contribution in [0.4, 0.5) is 92.2 Å². The first kappa shape index (κ1) is 79.0. The van der Waals surface area contributed by atoms with Crippen LogP contribution in [0.1, 0.15) is 297 Å². The Balaban J connectivity index is 0.000000283. The molecule has 21 heteroatoms. The summed E-state index contributed by atoms with van der Waals surface area (Å²) in [6.07, 6.45) is 17.2. The minimum absolute atomic E-state index is 0.174. The lowest BCUT2D eigenvalue weighted by molar-refractivity contribution is -0.356. The summed E-state index contributed by atoms with van der Waals surface area (Å²) >= 11 is 0. The van der Waals surface area contributed by atoms with Gasteiger partial charge in [-0.3, -0.25) is 0 Å². The average molecular weight is 1310 g/mol. The Hall–Kier alpha value is -1.47. The first-order valence-corrected chi connectivity index (χ1v) is 34.4. The van der Waals surface area contributed by atoms with Gasteiger partial charge in [0.25, 0.3) is 0 Å². The summed E-state index contributed by atoms with van der Waals surface area (Å²) in [5, 5.41) is 0. The molecule has 6 aliphatic carbocycles. The van der Waals surface area contributed by atoms with Crippen molar-refractivity contribution >= 4 is 0 Å². The van der Waals surface area contributed by atoms with E-state index in [9.17, 15) is 92.2 Å². The molecule has 0 aromatic rings. The van der Waals surface area contributed by atoms with Crippen molar-refractivity contribution < 1.29 is 92.2 Å². The first-order chi connectivity index (χ1) is 40.9. The quantitative estimate of drug-likeness (QED) is 0.0541. The number of halogens is 21. The minimum Gasteiger partial charge on any atom is -0.200 e. The molecule has 0 saturated heterocycles. The monoisotopic (exact) mass is 1310 g/mol. The normalized spacial score (nSPS) is 29.6. The van der Waals surface area contributed by atoms with E-state index in [1.807, 2.05) is 0 Å². The van der Waals surface area contributed by atoms with Gasteiger partial charge in [-0.1, -0.05) is 181 Å². The average Bonchev–Trinajstić information content (AvgIpc) is 2.62. The molecule has 0 heterocycles. The molecule has 0 unspecified atom stereocenters. The molecule has 6 saturated carbocycles. The maximum absolute atomic E-state index is 13.5. The molecule has 0 amide bonds. The van der Waals surface area contributed by atoms with Crippen molar-refractivity contribution in [1.82, 2.24) is 0 Å². The van der Waals surface area contributed by atoms with Crippen LogP contribution in [0, 0.1) is 71.0 Å². The maximum Gasteiger partial charge on any atom is 0.459 e. The second-order valence-electron chi connectivity index (χ2n) is 28.5. The van der Waals surface area contributed by atoms with E-state index < -0.39 is 73.3 Å². The molecule has 0 aliphatic heterocycles. The van der Waals surface area contributed by atoms with Gasteiger partial charge in [-0.05, 0) is 167 Å². The molecule has 6 rings (SSSR count). The molecule has 6 fully saturated rings. The van der Waals surface area contributed by atoms with E-state index in [2.05, 4.69) is 20.8 Å². The summed E-state index contributed by atoms with van der Waals surface area (Å²) in [6, 6.07) is 0. The third-order valence-electron chi connectivity index (χ3n) is 22.3. The predicted octanol–water partition coefficient (Wildman–Crippen LogP) is 26.8. The molecule has 0 aromatic carbocycles. The van der Waals surface area contributed by atoms with Gasteiger partial charge in [0.05, 0.1) is 0 Å². The third-order valence-corrected chi connectivity index (χ3v) is 22.3. The molecule has 0 nitrogen and oxygen atoms in total. The summed E-state index contributed by atoms with van der Waals surface area (Å²) in [5.74, 6) is -27.4. The molecule has 0 bridgehead atoms. The summed E-state index contributed by atoms with van der Waals surface area (Å²) in [7, 11) is 0. The van der Waals surface area contributed by atoms with Crippen molar-refractivity contribution in [3.8, 4) is 0 Å². The van der Waals surface area contributed by atoms with Crippen molar-refractivity contribution in [3.05, 3.63) is 0 Å². The molecule has 0 atom stereocenters. The number of hydrogen-bond donors (Lipinski definition) is 0. The van der Waals surface area contributed by atoms with Crippen molar-refractivity contribution in [2.24, 2.45) is 71.0 Å². The van der Waals surface area contributed by atoms with Crippen LogP contribution in [-0.4, -0.2) is 54.1 Å². The van der Waals surface area contributed by atoms with Crippen molar-refractivity contribution in [2.75, 3.05) is 0 Å². The molecule has 522 valence electrons. The van der Waals surface area contributed by atoms with Gasteiger partial charge < -0.3 is 0 Å². The minimum atomic E-state index is -6.22. The Morgan fingerprint density at radius 1 is 0.205 bits per heavy atom. The van der Waals surface area contributed by atoms with Gasteiger partial charge in [-0.15, -0.1) is 0 Å². The lowest BCUT2D eigenvalue weighted by atomic mass is 9.68. The molecule has 88 heavy (non-hydrogen) atoms. The number of rotatable bonds is 28. The van der Waals surface area contributed by atoms with Crippen LogP contribution in [0.3, 0.4) is 0 Å². The fourth-order valence-corrected chi connectivity index (χ4v) is 16.2. The van der Waals surface area contributed by atoms with E-state index in [-0.39, 0.29) is 37.0 Å². The second-order valence-corrected chi connectivity index (χ2v) is 28.5. The van der Waals surface area contributed by atoms with E-state index in [0.717, 1.165) is 56.3 Å². The zero-order valence-corrected chi connectivity index (χ0v) is 52.8. The highest BCUT2D eigenvalue weighted by atomic mass is 19.4. The Labute approximate surface area is 512 Å². The Kier molecular flexibility index (Phi) is 31.7. The van der Waals surface area contributed by atoms with Gasteiger partial charge >= 0.3 is 54.1 Å². The van der Waals surface area contributed by atoms with Crippen LogP contribution >= 0.6 is 0 Å². The lowest BCUT2D eigenvalue weighted by Crippen LogP contribution is -2.52. The number of alkyl halides is 21. The van der Waals surface area contributed by atoms with Crippen molar-refractivity contribution in [1.29, 1.82) is 0 Å². The fraction of sp³-hybridized carbons (Fsp3) is 1.00. The van der Waals surface area contributed by atoms with Gasteiger partial charge in [-0.2, -0.15) is 92.2 Å². The summed E-state index contributed by atoms with van der Waals surface area (Å²) in [5.41, 5.74) is 0. The van der Waals surface area contributed by atoms with E-state index >= 15 is 0 Å². The van der Waals surface area contributed by atoms with Crippen LogP contribution in [0.15, 0.2) is 0 Å². The van der Waals surface area contributed by atoms with E-state index in [1.54, 1.807) is 0 Å². The molecular weight excluding hydrogens is 1200 g/mol. The molecule has 0 N–H and O–H groups in total. The highest BCUT2D eigenvalue weighted by Crippen LogP contribution is 2.54. The largest absolute Gasteiger partial charge is 0.459 e. The van der Waals surface area contributed by atoms with Crippen LogP contribution in [-0.2, 0) is 0 Å². The van der Waals surface area contributed by atoms with Crippen LogP contribution in [0.5, 0.6) is 0 Å². The number of hydrogen-bond acceptors (Lipinski definition) is 0. The van der Waals surface area contributed by atoms with Gasteiger partial charge in [0.2, 0.25) is 0 Å². The zero-order chi connectivity index (χ0) is 65.8. The van der Waals surface area contributed by atoms with Gasteiger partial charge in [0, 0.05) is 19.3 Å². The molecule has 6 aliphatic rings. The van der Waals surface area contributed by atoms with Gasteiger partial charge in [0.15, 0.2) is 0 Å².